The Morgan fingerprint density at radius 1 is 0.862 bits per heavy atom. The van der Waals surface area contributed by atoms with Crippen LogP contribution in [0.1, 0.15) is 16.7 Å². The van der Waals surface area contributed by atoms with Crippen LogP contribution < -0.4 is 11.2 Å². The Morgan fingerprint density at radius 2 is 1.59 bits per heavy atom. The third kappa shape index (κ3) is 3.49. The van der Waals surface area contributed by atoms with E-state index in [1.165, 1.54) is 4.57 Å². The molecule has 4 rings (SSSR count). The summed E-state index contributed by atoms with van der Waals surface area (Å²) in [7, 11) is 1.65. The zero-order valence-electron chi connectivity index (χ0n) is 15.9. The van der Waals surface area contributed by atoms with Gasteiger partial charge in [0.15, 0.2) is 0 Å². The molecular formula is C24H17ClN2O2. The van der Waals surface area contributed by atoms with Gasteiger partial charge in [-0.1, -0.05) is 47.7 Å². The third-order valence-electron chi connectivity index (χ3n) is 4.74. The first-order valence-corrected chi connectivity index (χ1v) is 9.43. The zero-order chi connectivity index (χ0) is 20.5. The average Bonchev–Trinajstić information content (AvgIpc) is 2.72. The molecule has 0 aliphatic carbocycles. The van der Waals surface area contributed by atoms with Crippen molar-refractivity contribution in [1.29, 1.82) is 0 Å². The average molecular weight is 401 g/mol. The fourth-order valence-corrected chi connectivity index (χ4v) is 3.47. The quantitative estimate of drug-likeness (QED) is 0.452. The van der Waals surface area contributed by atoms with E-state index in [0.717, 1.165) is 15.7 Å². The van der Waals surface area contributed by atoms with Crippen molar-refractivity contribution in [3.63, 3.8) is 0 Å². The number of hydrogen-bond acceptors (Lipinski definition) is 2. The van der Waals surface area contributed by atoms with Gasteiger partial charge in [-0.15, -0.1) is 0 Å². The van der Waals surface area contributed by atoms with Crippen LogP contribution in [0.5, 0.6) is 0 Å². The summed E-state index contributed by atoms with van der Waals surface area (Å²) in [5, 5.41) is 0.747. The molecule has 0 radical (unpaired) electrons. The number of benzene rings is 3. The molecule has 1 heterocycles. The minimum absolute atomic E-state index is 0.288. The number of aromatic nitrogens is 2. The first-order valence-electron chi connectivity index (χ1n) is 9.05. The van der Waals surface area contributed by atoms with Crippen LogP contribution in [0.25, 0.3) is 16.6 Å². The van der Waals surface area contributed by atoms with Crippen molar-refractivity contribution in [2.24, 2.45) is 7.05 Å². The van der Waals surface area contributed by atoms with Gasteiger partial charge in [-0.05, 0) is 55.0 Å². The molecule has 0 amide bonds. The molecule has 0 aliphatic heterocycles. The van der Waals surface area contributed by atoms with Crippen molar-refractivity contribution in [1.82, 2.24) is 9.13 Å². The highest BCUT2D eigenvalue weighted by Crippen LogP contribution is 2.21. The van der Waals surface area contributed by atoms with Gasteiger partial charge in [0.05, 0.1) is 21.6 Å². The predicted octanol–water partition coefficient (Wildman–Crippen LogP) is 4.05. The molecular weight excluding hydrogens is 384 g/mol. The highest BCUT2D eigenvalue weighted by Gasteiger charge is 2.15. The van der Waals surface area contributed by atoms with Gasteiger partial charge in [-0.25, -0.2) is 9.36 Å². The smallest absolute Gasteiger partial charge is 0.296 e. The highest BCUT2D eigenvalue weighted by atomic mass is 35.5. The fraction of sp³-hybridized carbons (Fsp3) is 0.0833. The van der Waals surface area contributed by atoms with Crippen LogP contribution in [-0.4, -0.2) is 9.13 Å². The van der Waals surface area contributed by atoms with Crippen LogP contribution >= 0.6 is 11.6 Å². The minimum Gasteiger partial charge on any atom is -0.296 e. The van der Waals surface area contributed by atoms with Crippen LogP contribution in [-0.2, 0) is 7.05 Å². The molecule has 3 aromatic carbocycles. The molecule has 5 heteroatoms. The van der Waals surface area contributed by atoms with E-state index in [9.17, 15) is 9.59 Å². The normalized spacial score (nSPS) is 10.6. The summed E-state index contributed by atoms with van der Waals surface area (Å²) in [6.45, 7) is 1.92. The standard InChI is InChI=1S/C24H17ClN2O2/c1-16-8-12-19-22(14-16)26(2)24(29)27(23(19)28)21-13-11-18(15-20(21)25)10-9-17-6-4-3-5-7-17/h3-8,11-15H,1-2H3. The lowest BCUT2D eigenvalue weighted by molar-refractivity contribution is 0.773. The summed E-state index contributed by atoms with van der Waals surface area (Å²) in [6, 6.07) is 20.1. The SMILES string of the molecule is Cc1ccc2c(=O)n(-c3ccc(C#Cc4ccccc4)cc3Cl)c(=O)n(C)c2c1. The van der Waals surface area contributed by atoms with Gasteiger partial charge in [0.2, 0.25) is 0 Å². The maximum atomic E-state index is 13.0. The molecule has 0 N–H and O–H groups in total. The lowest BCUT2D eigenvalue weighted by Crippen LogP contribution is -2.38. The second kappa shape index (κ2) is 7.46. The maximum Gasteiger partial charge on any atom is 0.335 e. The molecule has 0 unspecified atom stereocenters. The van der Waals surface area contributed by atoms with Crippen LogP contribution in [0.2, 0.25) is 5.02 Å². The molecule has 0 atom stereocenters. The van der Waals surface area contributed by atoms with Gasteiger partial charge >= 0.3 is 5.69 Å². The van der Waals surface area contributed by atoms with E-state index in [-0.39, 0.29) is 5.02 Å². The molecule has 1 aromatic heterocycles. The molecule has 4 nitrogen and oxygen atoms in total. The molecule has 0 saturated carbocycles. The van der Waals surface area contributed by atoms with Gasteiger partial charge in [0.25, 0.3) is 5.56 Å². The van der Waals surface area contributed by atoms with Crippen LogP contribution in [0.4, 0.5) is 0 Å². The van der Waals surface area contributed by atoms with Gasteiger partial charge in [-0.2, -0.15) is 0 Å². The Kier molecular flexibility index (Phi) is 4.84. The van der Waals surface area contributed by atoms with Crippen molar-refractivity contribution in [2.75, 3.05) is 0 Å². The van der Waals surface area contributed by atoms with E-state index in [1.807, 2.05) is 49.4 Å². The van der Waals surface area contributed by atoms with E-state index in [0.29, 0.717) is 22.2 Å². The summed E-state index contributed by atoms with van der Waals surface area (Å²) < 4.78 is 2.57. The molecule has 0 aliphatic rings. The van der Waals surface area contributed by atoms with E-state index in [2.05, 4.69) is 11.8 Å². The molecule has 29 heavy (non-hydrogen) atoms. The molecule has 0 spiro atoms. The van der Waals surface area contributed by atoms with E-state index in [1.54, 1.807) is 31.3 Å². The summed E-state index contributed by atoms with van der Waals surface area (Å²) >= 11 is 6.44. The van der Waals surface area contributed by atoms with Crippen molar-refractivity contribution in [3.8, 4) is 17.5 Å². The Morgan fingerprint density at radius 3 is 2.31 bits per heavy atom. The van der Waals surface area contributed by atoms with Crippen LogP contribution in [0, 0.1) is 18.8 Å². The van der Waals surface area contributed by atoms with Crippen LogP contribution in [0.15, 0.2) is 76.3 Å². The molecule has 142 valence electrons. The maximum absolute atomic E-state index is 13.0. The number of hydrogen-bond donors (Lipinski definition) is 0. The monoisotopic (exact) mass is 400 g/mol. The zero-order valence-corrected chi connectivity index (χ0v) is 16.7. The number of nitrogens with zero attached hydrogens (tertiary/aromatic N) is 2. The highest BCUT2D eigenvalue weighted by molar-refractivity contribution is 6.32. The summed E-state index contributed by atoms with van der Waals surface area (Å²) in [5.41, 5.74) is 2.66. The Hall–Kier alpha value is -3.55. The van der Waals surface area contributed by atoms with E-state index >= 15 is 0 Å². The Balaban J connectivity index is 1.85. The third-order valence-corrected chi connectivity index (χ3v) is 5.04. The molecule has 0 fully saturated rings. The van der Waals surface area contributed by atoms with Gasteiger partial charge in [0, 0.05) is 18.2 Å². The second-order valence-corrected chi connectivity index (χ2v) is 7.19. The van der Waals surface area contributed by atoms with Crippen molar-refractivity contribution < 1.29 is 0 Å². The molecule has 0 saturated heterocycles. The summed E-state index contributed by atoms with van der Waals surface area (Å²) in [4.78, 5) is 25.9. The van der Waals surface area contributed by atoms with E-state index in [4.69, 9.17) is 11.6 Å². The van der Waals surface area contributed by atoms with Crippen molar-refractivity contribution in [2.45, 2.75) is 6.92 Å². The molecule has 4 aromatic rings. The molecule has 0 bridgehead atoms. The largest absolute Gasteiger partial charge is 0.335 e. The summed E-state index contributed by atoms with van der Waals surface area (Å²) in [6.07, 6.45) is 0. The van der Waals surface area contributed by atoms with Crippen molar-refractivity contribution in [3.05, 3.63) is 109 Å². The lowest BCUT2D eigenvalue weighted by Gasteiger charge is -2.12. The Labute approximate surface area is 172 Å². The number of rotatable bonds is 1. The first kappa shape index (κ1) is 18.8. The van der Waals surface area contributed by atoms with Gasteiger partial charge in [-0.3, -0.25) is 9.36 Å². The van der Waals surface area contributed by atoms with E-state index < -0.39 is 11.2 Å². The van der Waals surface area contributed by atoms with Gasteiger partial charge in [0.1, 0.15) is 0 Å². The predicted molar refractivity (Wildman–Crippen MR) is 117 cm³/mol. The lowest BCUT2D eigenvalue weighted by atomic mass is 10.1. The Bertz CT molecular complexity index is 1420. The number of aryl methyl sites for hydroxylation is 2. The fourth-order valence-electron chi connectivity index (χ4n) is 3.20. The first-order chi connectivity index (χ1) is 14.0. The number of halogens is 1. The van der Waals surface area contributed by atoms with Crippen molar-refractivity contribution >= 4 is 22.5 Å². The minimum atomic E-state index is -0.446. The summed E-state index contributed by atoms with van der Waals surface area (Å²) in [5.74, 6) is 6.12. The second-order valence-electron chi connectivity index (χ2n) is 6.78. The number of fused-ring (bicyclic) bond motifs is 1. The van der Waals surface area contributed by atoms with Gasteiger partial charge < -0.3 is 0 Å². The topological polar surface area (TPSA) is 44.0 Å². The van der Waals surface area contributed by atoms with Crippen LogP contribution in [0.3, 0.4) is 0 Å².